The van der Waals surface area contributed by atoms with Crippen molar-refractivity contribution < 1.29 is 27.6 Å². The van der Waals surface area contributed by atoms with Gasteiger partial charge in [-0.2, -0.15) is 0 Å². The molecule has 40 heavy (non-hydrogen) atoms. The van der Waals surface area contributed by atoms with E-state index < -0.39 is 22.0 Å². The van der Waals surface area contributed by atoms with E-state index in [1.165, 1.54) is 0 Å². The normalized spacial score (nSPS) is 17.1. The Morgan fingerprint density at radius 3 is 2.02 bits per heavy atom. The van der Waals surface area contributed by atoms with Crippen LogP contribution >= 0.6 is 7.60 Å². The minimum atomic E-state index is -3.62. The lowest BCUT2D eigenvalue weighted by Crippen LogP contribution is -2.68. The topological polar surface area (TPSA) is 71.1 Å². The van der Waals surface area contributed by atoms with E-state index in [-0.39, 0.29) is 42.7 Å². The fourth-order valence-corrected chi connectivity index (χ4v) is 11.5. The summed E-state index contributed by atoms with van der Waals surface area (Å²) in [4.78, 5) is 13.9. The van der Waals surface area contributed by atoms with Gasteiger partial charge in [-0.05, 0) is 48.5 Å². The van der Waals surface area contributed by atoms with E-state index >= 15 is 0 Å². The Labute approximate surface area is 241 Å². The van der Waals surface area contributed by atoms with Crippen LogP contribution in [-0.4, -0.2) is 52.3 Å². The number of Topliss-reactive ketones (excluding diaryl/α,β-unsaturated/α-hetero) is 1. The number of carbonyl (C=O) groups excluding carboxylic acids is 1. The smallest absolute Gasteiger partial charge is 0.338 e. The van der Waals surface area contributed by atoms with Gasteiger partial charge in [-0.15, -0.1) is 11.8 Å². The maximum Gasteiger partial charge on any atom is 0.338 e. The number of hydrogen-bond donors (Lipinski definition) is 0. The first-order valence-corrected chi connectivity index (χ1v) is 18.1. The first-order valence-electron chi connectivity index (χ1n) is 14.4. The van der Waals surface area contributed by atoms with Crippen molar-refractivity contribution in [3.05, 3.63) is 60.7 Å². The summed E-state index contributed by atoms with van der Waals surface area (Å²) < 4.78 is 37.3. The number of hydrogen-bond acceptors (Lipinski definition) is 6. The predicted octanol–water partition coefficient (Wildman–Crippen LogP) is 6.12. The van der Waals surface area contributed by atoms with E-state index in [0.717, 1.165) is 36.2 Å². The SMILES string of the molecule is CCOP(=O)(CC(=O)[C@H](CC#CCC1CCCCO1)O[Si](c1ccccc1)(c1ccccc1)C(C)(C)C)OCC. The molecule has 1 unspecified atom stereocenters. The molecule has 2 aromatic rings. The predicted molar refractivity (Wildman–Crippen MR) is 164 cm³/mol. The van der Waals surface area contributed by atoms with Gasteiger partial charge in [-0.3, -0.25) is 9.36 Å². The highest BCUT2D eigenvalue weighted by Gasteiger charge is 2.52. The minimum Gasteiger partial charge on any atom is -0.396 e. The van der Waals surface area contributed by atoms with Gasteiger partial charge in [0.05, 0.1) is 19.3 Å². The molecule has 0 bridgehead atoms. The summed E-state index contributed by atoms with van der Waals surface area (Å²) in [6.45, 7) is 11.1. The van der Waals surface area contributed by atoms with Gasteiger partial charge < -0.3 is 18.2 Å². The van der Waals surface area contributed by atoms with E-state index in [1.807, 2.05) is 36.4 Å². The van der Waals surface area contributed by atoms with E-state index in [9.17, 15) is 9.36 Å². The minimum absolute atomic E-state index is 0.129. The fourth-order valence-electron chi connectivity index (χ4n) is 5.26. The van der Waals surface area contributed by atoms with Crippen LogP contribution in [0.2, 0.25) is 5.04 Å². The van der Waals surface area contributed by atoms with Gasteiger partial charge >= 0.3 is 7.60 Å². The molecule has 2 aromatic carbocycles. The highest BCUT2D eigenvalue weighted by Crippen LogP contribution is 2.48. The van der Waals surface area contributed by atoms with Crippen molar-refractivity contribution in [2.45, 2.75) is 84.0 Å². The van der Waals surface area contributed by atoms with Crippen molar-refractivity contribution >= 4 is 32.1 Å². The Balaban J connectivity index is 2.03. The highest BCUT2D eigenvalue weighted by molar-refractivity contribution is 7.54. The molecule has 3 rings (SSSR count). The molecule has 0 spiro atoms. The molecule has 8 heteroatoms. The molecular weight excluding hydrogens is 539 g/mol. The summed E-state index contributed by atoms with van der Waals surface area (Å²) >= 11 is 0. The van der Waals surface area contributed by atoms with Gasteiger partial charge in [0.25, 0.3) is 8.32 Å². The van der Waals surface area contributed by atoms with Gasteiger partial charge in [0, 0.05) is 19.4 Å². The molecule has 6 nitrogen and oxygen atoms in total. The lowest BCUT2D eigenvalue weighted by molar-refractivity contribution is -0.123. The van der Waals surface area contributed by atoms with Crippen molar-refractivity contribution in [3.8, 4) is 11.8 Å². The van der Waals surface area contributed by atoms with Crippen molar-refractivity contribution in [3.63, 3.8) is 0 Å². The van der Waals surface area contributed by atoms with E-state index in [0.29, 0.717) is 6.42 Å². The Morgan fingerprint density at radius 2 is 1.55 bits per heavy atom. The zero-order valence-electron chi connectivity index (χ0n) is 24.7. The van der Waals surface area contributed by atoms with Crippen molar-refractivity contribution in [2.75, 3.05) is 26.0 Å². The molecule has 0 N–H and O–H groups in total. The van der Waals surface area contributed by atoms with Crippen LogP contribution in [0, 0.1) is 11.8 Å². The molecule has 2 atom stereocenters. The van der Waals surface area contributed by atoms with E-state index in [4.69, 9.17) is 18.2 Å². The third-order valence-corrected chi connectivity index (χ3v) is 14.2. The average molecular weight is 585 g/mol. The van der Waals surface area contributed by atoms with E-state index in [1.54, 1.807) is 13.8 Å². The molecule has 1 aliphatic rings. The summed E-state index contributed by atoms with van der Waals surface area (Å²) in [5.41, 5.74) is 0. The second-order valence-electron chi connectivity index (χ2n) is 11.1. The highest BCUT2D eigenvalue weighted by atomic mass is 31.2. The van der Waals surface area contributed by atoms with E-state index in [2.05, 4.69) is 56.9 Å². The van der Waals surface area contributed by atoms with Gasteiger partial charge in [-0.1, -0.05) is 81.4 Å². The van der Waals surface area contributed by atoms with Gasteiger partial charge in [0.1, 0.15) is 12.3 Å². The summed E-state index contributed by atoms with van der Waals surface area (Å²) in [6.07, 6.45) is 2.92. The number of ketones is 1. The molecule has 1 heterocycles. The van der Waals surface area contributed by atoms with Crippen LogP contribution in [-0.2, 0) is 27.6 Å². The molecule has 1 aliphatic heterocycles. The molecule has 0 saturated carbocycles. The van der Waals surface area contributed by atoms with Crippen molar-refractivity contribution in [2.24, 2.45) is 0 Å². The van der Waals surface area contributed by atoms with Crippen LogP contribution in [0.1, 0.15) is 66.7 Å². The Bertz CT molecular complexity index is 1110. The van der Waals surface area contributed by atoms with Crippen molar-refractivity contribution in [1.82, 2.24) is 0 Å². The van der Waals surface area contributed by atoms with Gasteiger partial charge in [-0.25, -0.2) is 0 Å². The van der Waals surface area contributed by atoms with Crippen LogP contribution in [0.4, 0.5) is 0 Å². The Hall–Kier alpha value is -2.04. The molecule has 0 radical (unpaired) electrons. The summed E-state index contributed by atoms with van der Waals surface area (Å²) in [6, 6.07) is 20.3. The molecule has 1 saturated heterocycles. The molecule has 0 aromatic heterocycles. The second-order valence-corrected chi connectivity index (χ2v) is 17.4. The lowest BCUT2D eigenvalue weighted by atomic mass is 10.1. The molecule has 0 amide bonds. The standard InChI is InChI=1S/C32H45O6PSi/c1-6-36-39(34,37-7-2)26-30(33)31(24-15-14-18-27-19-16-17-25-35-27)38-40(32(3,4)5,28-20-10-8-11-21-28)29-22-12-9-13-23-29/h8-13,20-23,27,31H,6-7,16-19,24-26H2,1-5H3/t27?,31-/m0/s1. The summed E-state index contributed by atoms with van der Waals surface area (Å²) in [7, 11) is -6.69. The third-order valence-electron chi connectivity index (χ3n) is 7.11. The van der Waals surface area contributed by atoms with Crippen molar-refractivity contribution in [1.29, 1.82) is 0 Å². The Morgan fingerprint density at radius 1 is 0.975 bits per heavy atom. The molecule has 1 fully saturated rings. The average Bonchev–Trinajstić information content (AvgIpc) is 2.93. The number of ether oxygens (including phenoxy) is 1. The third kappa shape index (κ3) is 8.49. The monoisotopic (exact) mass is 584 g/mol. The van der Waals surface area contributed by atoms with Crippen LogP contribution < -0.4 is 10.4 Å². The van der Waals surface area contributed by atoms with Gasteiger partial charge in [0.15, 0.2) is 5.78 Å². The largest absolute Gasteiger partial charge is 0.396 e. The van der Waals surface area contributed by atoms with Crippen LogP contribution in [0.15, 0.2) is 60.7 Å². The fraction of sp³-hybridized carbons (Fsp3) is 0.531. The molecular formula is C32H45O6PSi. The lowest BCUT2D eigenvalue weighted by Gasteiger charge is -2.44. The zero-order valence-corrected chi connectivity index (χ0v) is 26.6. The first-order chi connectivity index (χ1) is 19.1. The number of benzene rings is 2. The second kappa shape index (κ2) is 15.3. The summed E-state index contributed by atoms with van der Waals surface area (Å²) in [5, 5.41) is 1.79. The summed E-state index contributed by atoms with van der Waals surface area (Å²) in [5.74, 6) is 6.13. The number of carbonyl (C=O) groups is 1. The Kier molecular flexibility index (Phi) is 12.4. The first kappa shape index (κ1) is 32.5. The van der Waals surface area contributed by atoms with Crippen LogP contribution in [0.5, 0.6) is 0 Å². The van der Waals surface area contributed by atoms with Crippen LogP contribution in [0.25, 0.3) is 0 Å². The molecule has 0 aliphatic carbocycles. The maximum absolute atomic E-state index is 13.9. The molecule has 218 valence electrons. The maximum atomic E-state index is 13.9. The van der Waals surface area contributed by atoms with Crippen LogP contribution in [0.3, 0.4) is 0 Å². The zero-order chi connectivity index (χ0) is 29.1. The van der Waals surface area contributed by atoms with Gasteiger partial charge in [0.2, 0.25) is 0 Å². The quantitative estimate of drug-likeness (QED) is 0.161. The number of rotatable bonds is 13.